The van der Waals surface area contributed by atoms with Crippen molar-refractivity contribution in [3.05, 3.63) is 23.5 Å². The van der Waals surface area contributed by atoms with Crippen LogP contribution >= 0.6 is 0 Å². The highest BCUT2D eigenvalue weighted by Gasteiger charge is 2.01. The Morgan fingerprint density at radius 3 is 2.64 bits per heavy atom. The molecule has 0 aliphatic rings. The summed E-state index contributed by atoms with van der Waals surface area (Å²) >= 11 is -1.91. The minimum atomic E-state index is -1.91. The van der Waals surface area contributed by atoms with Crippen LogP contribution in [-0.4, -0.2) is 13.7 Å². The number of hydrogen-bond acceptors (Lipinski definition) is 2. The summed E-state index contributed by atoms with van der Waals surface area (Å²) in [6.45, 7) is 3.72. The number of rotatable bonds is 1. The zero-order valence-corrected chi connectivity index (χ0v) is 7.18. The average Bonchev–Trinajstić information content (AvgIpc) is 1.94. The molecule has 4 heteroatoms. The van der Waals surface area contributed by atoms with Crippen LogP contribution in [0.25, 0.3) is 0 Å². The number of pyridine rings is 1. The first-order valence-electron chi connectivity index (χ1n) is 3.15. The van der Waals surface area contributed by atoms with Gasteiger partial charge in [-0.1, -0.05) is 0 Å². The zero-order valence-electron chi connectivity index (χ0n) is 6.37. The average molecular weight is 171 g/mol. The Bertz CT molecular complexity index is 298. The number of aromatic nitrogens is 1. The van der Waals surface area contributed by atoms with Crippen molar-refractivity contribution < 1.29 is 8.76 Å². The van der Waals surface area contributed by atoms with E-state index in [4.69, 9.17) is 4.55 Å². The highest BCUT2D eigenvalue weighted by Crippen LogP contribution is 2.08. The second kappa shape index (κ2) is 3.11. The summed E-state index contributed by atoms with van der Waals surface area (Å²) in [6.07, 6.45) is 1.42. The molecule has 60 valence electrons. The van der Waals surface area contributed by atoms with Crippen LogP contribution in [0, 0.1) is 13.8 Å². The van der Waals surface area contributed by atoms with Crippen LogP contribution in [0.15, 0.2) is 17.2 Å². The molecule has 1 aromatic heterocycles. The van der Waals surface area contributed by atoms with Gasteiger partial charge in [-0.2, -0.15) is 0 Å². The third-order valence-electron chi connectivity index (χ3n) is 1.52. The fraction of sp³-hybridized carbons (Fsp3) is 0.286. The van der Waals surface area contributed by atoms with Gasteiger partial charge in [-0.25, -0.2) is 4.21 Å². The Labute approximate surface area is 67.8 Å². The summed E-state index contributed by atoms with van der Waals surface area (Å²) < 4.78 is 19.2. The molecule has 0 aromatic carbocycles. The molecule has 1 atom stereocenters. The third-order valence-corrected chi connectivity index (χ3v) is 2.14. The summed E-state index contributed by atoms with van der Waals surface area (Å²) in [5, 5.41) is 0. The number of nitrogens with zero attached hydrogens (tertiary/aromatic N) is 1. The highest BCUT2D eigenvalue weighted by molar-refractivity contribution is 7.79. The van der Waals surface area contributed by atoms with Gasteiger partial charge in [0.25, 0.3) is 0 Å². The first-order chi connectivity index (χ1) is 5.11. The molecule has 0 aliphatic carbocycles. The van der Waals surface area contributed by atoms with Crippen LogP contribution in [0.5, 0.6) is 0 Å². The van der Waals surface area contributed by atoms with Gasteiger partial charge < -0.3 is 4.55 Å². The van der Waals surface area contributed by atoms with E-state index in [0.717, 1.165) is 11.3 Å². The molecule has 0 radical (unpaired) electrons. The molecule has 1 unspecified atom stereocenters. The summed E-state index contributed by atoms with van der Waals surface area (Å²) in [4.78, 5) is 4.30. The molecule has 3 nitrogen and oxygen atoms in total. The minimum Gasteiger partial charge on any atom is -0.302 e. The Balaban J connectivity index is 3.15. The lowest BCUT2D eigenvalue weighted by Crippen LogP contribution is -1.93. The van der Waals surface area contributed by atoms with Gasteiger partial charge in [-0.05, 0) is 25.5 Å². The van der Waals surface area contributed by atoms with Gasteiger partial charge >= 0.3 is 0 Å². The Morgan fingerprint density at radius 2 is 2.18 bits per heavy atom. The molecule has 0 bridgehead atoms. The fourth-order valence-electron chi connectivity index (χ4n) is 0.713. The van der Waals surface area contributed by atoms with Crippen molar-refractivity contribution in [2.75, 3.05) is 0 Å². The molecular formula is C7H9NO2S. The standard InChI is InChI=1S/C7H9NO2S/c1-5-3-7(11(9)10)4-8-6(5)2/h3-4H,1-2H3,(H,9,10). The maximum absolute atomic E-state index is 10.5. The quantitative estimate of drug-likeness (QED) is 0.647. The molecule has 0 saturated heterocycles. The normalized spacial score (nSPS) is 13.0. The molecular weight excluding hydrogens is 162 g/mol. The Hall–Kier alpha value is -0.740. The lowest BCUT2D eigenvalue weighted by Gasteiger charge is -1.99. The van der Waals surface area contributed by atoms with Crippen molar-refractivity contribution in [3.8, 4) is 0 Å². The van der Waals surface area contributed by atoms with Gasteiger partial charge in [0.15, 0.2) is 11.1 Å². The van der Waals surface area contributed by atoms with E-state index in [2.05, 4.69) is 4.98 Å². The molecule has 11 heavy (non-hydrogen) atoms. The first-order valence-corrected chi connectivity index (χ1v) is 4.26. The molecule has 0 fully saturated rings. The predicted octanol–water partition coefficient (Wildman–Crippen LogP) is 1.28. The third kappa shape index (κ3) is 1.85. The summed E-state index contributed by atoms with van der Waals surface area (Å²) in [5.74, 6) is 0. The molecule has 0 spiro atoms. The van der Waals surface area contributed by atoms with Gasteiger partial charge in [0.1, 0.15) is 0 Å². The van der Waals surface area contributed by atoms with Crippen LogP contribution in [0.1, 0.15) is 11.3 Å². The predicted molar refractivity (Wildman–Crippen MR) is 42.7 cm³/mol. The zero-order chi connectivity index (χ0) is 8.43. The van der Waals surface area contributed by atoms with E-state index in [9.17, 15) is 4.21 Å². The van der Waals surface area contributed by atoms with Gasteiger partial charge in [-0.15, -0.1) is 0 Å². The topological polar surface area (TPSA) is 50.2 Å². The van der Waals surface area contributed by atoms with E-state index in [1.165, 1.54) is 6.20 Å². The Kier molecular flexibility index (Phi) is 2.36. The first kappa shape index (κ1) is 8.36. The summed E-state index contributed by atoms with van der Waals surface area (Å²) in [7, 11) is 0. The van der Waals surface area contributed by atoms with Crippen LogP contribution in [0.3, 0.4) is 0 Å². The van der Waals surface area contributed by atoms with Crippen LogP contribution < -0.4 is 0 Å². The monoisotopic (exact) mass is 171 g/mol. The highest BCUT2D eigenvalue weighted by atomic mass is 32.2. The van der Waals surface area contributed by atoms with Crippen LogP contribution in [-0.2, 0) is 11.1 Å². The van der Waals surface area contributed by atoms with Gasteiger partial charge in [0, 0.05) is 11.9 Å². The van der Waals surface area contributed by atoms with Crippen molar-refractivity contribution >= 4 is 11.1 Å². The van der Waals surface area contributed by atoms with Gasteiger partial charge in [0.05, 0.1) is 4.90 Å². The maximum atomic E-state index is 10.5. The fourth-order valence-corrected chi connectivity index (χ4v) is 1.13. The van der Waals surface area contributed by atoms with E-state index in [1.807, 2.05) is 13.8 Å². The van der Waals surface area contributed by atoms with E-state index >= 15 is 0 Å². The van der Waals surface area contributed by atoms with Crippen molar-refractivity contribution in [2.24, 2.45) is 0 Å². The maximum Gasteiger partial charge on any atom is 0.188 e. The number of aryl methyl sites for hydroxylation is 2. The van der Waals surface area contributed by atoms with E-state index in [0.29, 0.717) is 4.90 Å². The summed E-state index contributed by atoms with van der Waals surface area (Å²) in [5.41, 5.74) is 1.82. The molecule has 1 N–H and O–H groups in total. The van der Waals surface area contributed by atoms with Crippen molar-refractivity contribution in [2.45, 2.75) is 18.7 Å². The van der Waals surface area contributed by atoms with Crippen LogP contribution in [0.4, 0.5) is 0 Å². The molecule has 0 amide bonds. The van der Waals surface area contributed by atoms with E-state index < -0.39 is 11.1 Å². The molecule has 0 aliphatic heterocycles. The molecule has 1 rings (SSSR count). The lowest BCUT2D eigenvalue weighted by atomic mass is 10.2. The second-order valence-electron chi connectivity index (χ2n) is 2.32. The summed E-state index contributed by atoms with van der Waals surface area (Å²) in [6, 6.07) is 1.67. The number of hydrogen-bond donors (Lipinski definition) is 1. The minimum absolute atomic E-state index is 0.355. The Morgan fingerprint density at radius 1 is 1.55 bits per heavy atom. The molecule has 1 heterocycles. The van der Waals surface area contributed by atoms with E-state index in [-0.39, 0.29) is 0 Å². The van der Waals surface area contributed by atoms with Crippen molar-refractivity contribution in [1.29, 1.82) is 0 Å². The van der Waals surface area contributed by atoms with Crippen LogP contribution in [0.2, 0.25) is 0 Å². The van der Waals surface area contributed by atoms with Crippen molar-refractivity contribution in [3.63, 3.8) is 0 Å². The van der Waals surface area contributed by atoms with E-state index in [1.54, 1.807) is 6.07 Å². The SMILES string of the molecule is Cc1cc(S(=O)O)cnc1C. The smallest absolute Gasteiger partial charge is 0.188 e. The van der Waals surface area contributed by atoms with Crippen molar-refractivity contribution in [1.82, 2.24) is 4.98 Å². The van der Waals surface area contributed by atoms with Gasteiger partial charge in [-0.3, -0.25) is 4.98 Å². The van der Waals surface area contributed by atoms with Gasteiger partial charge in [0.2, 0.25) is 0 Å². The second-order valence-corrected chi connectivity index (χ2v) is 3.29. The largest absolute Gasteiger partial charge is 0.302 e. The lowest BCUT2D eigenvalue weighted by molar-refractivity contribution is 0.564. The molecule has 1 aromatic rings. The molecule has 0 saturated carbocycles.